The number of amides is 1. The van der Waals surface area contributed by atoms with Gasteiger partial charge in [0, 0.05) is 38.1 Å². The third-order valence-electron chi connectivity index (χ3n) is 3.71. The van der Waals surface area contributed by atoms with Crippen LogP contribution in [0.1, 0.15) is 28.3 Å². The quantitative estimate of drug-likeness (QED) is 0.914. The molecular formula is C15H15N5O. The fourth-order valence-corrected chi connectivity index (χ4v) is 2.53. The van der Waals surface area contributed by atoms with E-state index in [9.17, 15) is 4.79 Å². The molecule has 21 heavy (non-hydrogen) atoms. The first-order valence-corrected chi connectivity index (χ1v) is 6.90. The second-order valence-corrected chi connectivity index (χ2v) is 5.15. The van der Waals surface area contributed by atoms with Crippen molar-refractivity contribution in [2.24, 2.45) is 5.92 Å². The van der Waals surface area contributed by atoms with Crippen LogP contribution in [0.3, 0.4) is 0 Å². The van der Waals surface area contributed by atoms with E-state index >= 15 is 0 Å². The largest absolute Gasteiger partial charge is 0.350 e. The van der Waals surface area contributed by atoms with Gasteiger partial charge in [-0.25, -0.2) is 9.97 Å². The fourth-order valence-electron chi connectivity index (χ4n) is 2.53. The standard InChI is InChI=1S/C15H15N5O/c16-7-11-1-3-13(18-8-11)15(21)19-9-12-2-4-14-17-5-6-20(14)10-12/h1,3,5-6,8,12H,2,4,9-10H2,(H,19,21). The lowest BCUT2D eigenvalue weighted by Crippen LogP contribution is -2.34. The van der Waals surface area contributed by atoms with E-state index in [0.717, 1.165) is 25.2 Å². The SMILES string of the molecule is N#Cc1ccc(C(=O)NCC2CCc3nccn3C2)nc1. The van der Waals surface area contributed by atoms with Gasteiger partial charge in [0.25, 0.3) is 5.91 Å². The summed E-state index contributed by atoms with van der Waals surface area (Å²) in [4.78, 5) is 20.3. The van der Waals surface area contributed by atoms with E-state index in [1.165, 1.54) is 6.20 Å². The summed E-state index contributed by atoms with van der Waals surface area (Å²) in [5.41, 5.74) is 0.791. The number of hydrogen-bond acceptors (Lipinski definition) is 4. The number of hydrogen-bond donors (Lipinski definition) is 1. The molecule has 1 aliphatic rings. The van der Waals surface area contributed by atoms with E-state index < -0.39 is 0 Å². The summed E-state index contributed by atoms with van der Waals surface area (Å²) in [6.45, 7) is 1.51. The second-order valence-electron chi connectivity index (χ2n) is 5.15. The van der Waals surface area contributed by atoms with Crippen molar-refractivity contribution >= 4 is 5.91 Å². The molecule has 1 unspecified atom stereocenters. The van der Waals surface area contributed by atoms with E-state index in [4.69, 9.17) is 5.26 Å². The number of fused-ring (bicyclic) bond motifs is 1. The summed E-state index contributed by atoms with van der Waals surface area (Å²) in [6, 6.07) is 5.15. The lowest BCUT2D eigenvalue weighted by molar-refractivity contribution is 0.0938. The van der Waals surface area contributed by atoms with Crippen LogP contribution in [0.25, 0.3) is 0 Å². The zero-order valence-corrected chi connectivity index (χ0v) is 11.5. The van der Waals surface area contributed by atoms with Gasteiger partial charge in [-0.05, 0) is 24.5 Å². The lowest BCUT2D eigenvalue weighted by Gasteiger charge is -2.23. The van der Waals surface area contributed by atoms with Crippen LogP contribution in [0.15, 0.2) is 30.7 Å². The molecule has 3 rings (SSSR count). The minimum Gasteiger partial charge on any atom is -0.350 e. The van der Waals surface area contributed by atoms with Gasteiger partial charge in [-0.1, -0.05) is 0 Å². The van der Waals surface area contributed by atoms with Gasteiger partial charge in [0.2, 0.25) is 0 Å². The number of aryl methyl sites for hydroxylation is 1. The lowest BCUT2D eigenvalue weighted by atomic mass is 9.99. The number of aromatic nitrogens is 3. The minimum atomic E-state index is -0.198. The minimum absolute atomic E-state index is 0.198. The Balaban J connectivity index is 1.55. The molecule has 0 saturated heterocycles. The maximum atomic E-state index is 12.0. The van der Waals surface area contributed by atoms with E-state index in [1.54, 1.807) is 12.1 Å². The summed E-state index contributed by atoms with van der Waals surface area (Å²) in [7, 11) is 0. The van der Waals surface area contributed by atoms with Crippen LogP contribution in [-0.2, 0) is 13.0 Å². The molecule has 0 fully saturated rings. The highest BCUT2D eigenvalue weighted by Crippen LogP contribution is 2.17. The van der Waals surface area contributed by atoms with E-state index in [-0.39, 0.29) is 5.91 Å². The Kier molecular flexibility index (Phi) is 3.65. The molecule has 0 bridgehead atoms. The smallest absolute Gasteiger partial charge is 0.269 e. The molecule has 0 saturated carbocycles. The Hall–Kier alpha value is -2.68. The number of imidazole rings is 1. The number of pyridine rings is 1. The van der Waals surface area contributed by atoms with E-state index in [1.807, 2.05) is 18.5 Å². The maximum absolute atomic E-state index is 12.0. The third-order valence-corrected chi connectivity index (χ3v) is 3.71. The van der Waals surface area contributed by atoms with Crippen LogP contribution in [-0.4, -0.2) is 27.0 Å². The molecule has 0 aliphatic carbocycles. The van der Waals surface area contributed by atoms with Crippen LogP contribution in [0.5, 0.6) is 0 Å². The summed E-state index contributed by atoms with van der Waals surface area (Å²) in [5, 5.41) is 11.6. The highest BCUT2D eigenvalue weighted by atomic mass is 16.1. The highest BCUT2D eigenvalue weighted by Gasteiger charge is 2.19. The molecule has 0 spiro atoms. The normalized spacial score (nSPS) is 16.8. The van der Waals surface area contributed by atoms with Gasteiger partial charge in [0.1, 0.15) is 17.6 Å². The molecule has 0 radical (unpaired) electrons. The molecule has 2 aromatic heterocycles. The van der Waals surface area contributed by atoms with Crippen molar-refractivity contribution < 1.29 is 4.79 Å². The number of nitrogens with zero attached hydrogens (tertiary/aromatic N) is 4. The molecule has 2 aromatic rings. The van der Waals surface area contributed by atoms with Gasteiger partial charge in [-0.2, -0.15) is 5.26 Å². The number of carbonyl (C=O) groups excluding carboxylic acids is 1. The monoisotopic (exact) mass is 281 g/mol. The zero-order chi connectivity index (χ0) is 14.7. The molecule has 6 nitrogen and oxygen atoms in total. The number of nitriles is 1. The van der Waals surface area contributed by atoms with Crippen molar-refractivity contribution in [1.29, 1.82) is 5.26 Å². The van der Waals surface area contributed by atoms with Crippen LogP contribution < -0.4 is 5.32 Å². The molecule has 0 aromatic carbocycles. The van der Waals surface area contributed by atoms with Crippen LogP contribution in [0.2, 0.25) is 0 Å². The molecule has 6 heteroatoms. The van der Waals surface area contributed by atoms with Gasteiger partial charge in [-0.3, -0.25) is 4.79 Å². The van der Waals surface area contributed by atoms with E-state index in [2.05, 4.69) is 19.9 Å². The van der Waals surface area contributed by atoms with Crippen molar-refractivity contribution in [3.05, 3.63) is 47.8 Å². The van der Waals surface area contributed by atoms with Gasteiger partial charge in [0.15, 0.2) is 0 Å². The Labute approximate surface area is 122 Å². The van der Waals surface area contributed by atoms with Gasteiger partial charge < -0.3 is 9.88 Å². The third kappa shape index (κ3) is 2.92. The Bertz CT molecular complexity index is 683. The Morgan fingerprint density at radius 1 is 1.48 bits per heavy atom. The van der Waals surface area contributed by atoms with Crippen molar-refractivity contribution in [2.75, 3.05) is 6.54 Å². The average molecular weight is 281 g/mol. The Morgan fingerprint density at radius 2 is 2.38 bits per heavy atom. The number of nitrogens with one attached hydrogen (secondary N) is 1. The summed E-state index contributed by atoms with van der Waals surface area (Å²) < 4.78 is 2.14. The summed E-state index contributed by atoms with van der Waals surface area (Å²) in [6.07, 6.45) is 7.18. The molecule has 3 heterocycles. The topological polar surface area (TPSA) is 83.6 Å². The first-order valence-electron chi connectivity index (χ1n) is 6.90. The number of carbonyl (C=O) groups is 1. The van der Waals surface area contributed by atoms with Crippen LogP contribution in [0.4, 0.5) is 0 Å². The zero-order valence-electron chi connectivity index (χ0n) is 11.5. The second kappa shape index (κ2) is 5.75. The molecule has 1 N–H and O–H groups in total. The maximum Gasteiger partial charge on any atom is 0.269 e. The van der Waals surface area contributed by atoms with Gasteiger partial charge >= 0.3 is 0 Å². The molecule has 106 valence electrons. The molecular weight excluding hydrogens is 266 g/mol. The predicted molar refractivity (Wildman–Crippen MR) is 75.3 cm³/mol. The van der Waals surface area contributed by atoms with Crippen molar-refractivity contribution in [3.8, 4) is 6.07 Å². The predicted octanol–water partition coefficient (Wildman–Crippen LogP) is 1.14. The van der Waals surface area contributed by atoms with Gasteiger partial charge in [-0.15, -0.1) is 0 Å². The molecule has 1 atom stereocenters. The summed E-state index contributed by atoms with van der Waals surface area (Å²) in [5.74, 6) is 1.33. The first-order chi connectivity index (χ1) is 10.3. The fraction of sp³-hybridized carbons (Fsp3) is 0.333. The summed E-state index contributed by atoms with van der Waals surface area (Å²) >= 11 is 0. The van der Waals surface area contributed by atoms with Gasteiger partial charge in [0.05, 0.1) is 5.56 Å². The van der Waals surface area contributed by atoms with Crippen molar-refractivity contribution in [2.45, 2.75) is 19.4 Å². The number of rotatable bonds is 3. The molecule has 1 amide bonds. The van der Waals surface area contributed by atoms with Crippen LogP contribution >= 0.6 is 0 Å². The average Bonchev–Trinajstić information content (AvgIpc) is 3.00. The highest BCUT2D eigenvalue weighted by molar-refractivity contribution is 5.92. The van der Waals surface area contributed by atoms with Crippen molar-refractivity contribution in [1.82, 2.24) is 19.9 Å². The van der Waals surface area contributed by atoms with Crippen molar-refractivity contribution in [3.63, 3.8) is 0 Å². The molecule has 1 aliphatic heterocycles. The Morgan fingerprint density at radius 3 is 3.14 bits per heavy atom. The first kappa shape index (κ1) is 13.3. The van der Waals surface area contributed by atoms with Crippen LogP contribution in [0, 0.1) is 17.2 Å². The van der Waals surface area contributed by atoms with E-state index in [0.29, 0.717) is 23.7 Å².